The molecule has 0 aliphatic heterocycles. The van der Waals surface area contributed by atoms with Gasteiger partial charge in [0, 0.05) is 18.7 Å². The lowest BCUT2D eigenvalue weighted by Gasteiger charge is -2.11. The predicted molar refractivity (Wildman–Crippen MR) is 74.2 cm³/mol. The highest BCUT2D eigenvalue weighted by Crippen LogP contribution is 2.10. The molecule has 19 heavy (non-hydrogen) atoms. The summed E-state index contributed by atoms with van der Waals surface area (Å²) >= 11 is 0. The highest BCUT2D eigenvalue weighted by Gasteiger charge is 2.11. The molecule has 0 saturated carbocycles. The molecule has 3 N–H and O–H groups in total. The summed E-state index contributed by atoms with van der Waals surface area (Å²) < 4.78 is 22.6. The molecule has 0 spiro atoms. The Kier molecular flexibility index (Phi) is 5.50. The molecule has 1 aromatic rings. The van der Waals surface area contributed by atoms with Crippen molar-refractivity contribution in [3.8, 4) is 0 Å². The van der Waals surface area contributed by atoms with E-state index >= 15 is 0 Å². The average molecular weight is 284 g/mol. The minimum absolute atomic E-state index is 0.0439. The van der Waals surface area contributed by atoms with Crippen LogP contribution in [0.25, 0.3) is 0 Å². The van der Waals surface area contributed by atoms with E-state index in [1.165, 1.54) is 0 Å². The number of amides is 1. The van der Waals surface area contributed by atoms with E-state index in [1.807, 2.05) is 6.92 Å². The van der Waals surface area contributed by atoms with E-state index in [2.05, 4.69) is 5.32 Å². The molecule has 1 unspecified atom stereocenters. The van der Waals surface area contributed by atoms with Crippen LogP contribution in [0.4, 0.5) is 0 Å². The van der Waals surface area contributed by atoms with Crippen molar-refractivity contribution in [3.63, 3.8) is 0 Å². The van der Waals surface area contributed by atoms with Crippen molar-refractivity contribution in [3.05, 3.63) is 29.8 Å². The Morgan fingerprint density at radius 3 is 2.37 bits per heavy atom. The highest BCUT2D eigenvalue weighted by atomic mass is 32.2. The zero-order chi connectivity index (χ0) is 14.5. The van der Waals surface area contributed by atoms with Crippen molar-refractivity contribution in [2.45, 2.75) is 24.8 Å². The Balaban J connectivity index is 2.58. The number of hydrogen-bond donors (Lipinski definition) is 2. The lowest BCUT2D eigenvalue weighted by atomic mass is 10.1. The van der Waals surface area contributed by atoms with Gasteiger partial charge in [-0.3, -0.25) is 4.79 Å². The van der Waals surface area contributed by atoms with Gasteiger partial charge in [0.25, 0.3) is 0 Å². The quantitative estimate of drug-likeness (QED) is 0.804. The molecule has 5 nitrogen and oxygen atoms in total. The van der Waals surface area contributed by atoms with Crippen LogP contribution in [0.2, 0.25) is 0 Å². The van der Waals surface area contributed by atoms with Crippen LogP contribution in [0.3, 0.4) is 0 Å². The van der Waals surface area contributed by atoms with Crippen molar-refractivity contribution in [2.75, 3.05) is 12.8 Å². The van der Waals surface area contributed by atoms with Crippen LogP contribution >= 0.6 is 0 Å². The summed E-state index contributed by atoms with van der Waals surface area (Å²) in [6, 6.07) is 6.48. The second kappa shape index (κ2) is 6.68. The number of carbonyl (C=O) groups excluding carboxylic acids is 1. The molecule has 0 aliphatic rings. The summed E-state index contributed by atoms with van der Waals surface area (Å²) in [7, 11) is -3.17. The van der Waals surface area contributed by atoms with Gasteiger partial charge < -0.3 is 11.1 Å². The zero-order valence-electron chi connectivity index (χ0n) is 11.2. The molecule has 0 bridgehead atoms. The van der Waals surface area contributed by atoms with E-state index in [9.17, 15) is 13.2 Å². The zero-order valence-corrected chi connectivity index (χ0v) is 12.0. The van der Waals surface area contributed by atoms with Gasteiger partial charge in [-0.15, -0.1) is 0 Å². The third-order valence-corrected chi connectivity index (χ3v) is 3.99. The Morgan fingerprint density at radius 1 is 1.32 bits per heavy atom. The molecule has 1 atom stereocenters. The standard InChI is InChI=1S/C13H20N2O3S/c1-10(7-8-14)13(16)15-9-11-3-5-12(6-4-11)19(2,17)18/h3-6,10H,7-9,14H2,1-2H3,(H,15,16). The molecule has 0 aromatic heterocycles. The Morgan fingerprint density at radius 2 is 1.89 bits per heavy atom. The van der Waals surface area contributed by atoms with Crippen LogP contribution in [0, 0.1) is 5.92 Å². The number of carbonyl (C=O) groups is 1. The van der Waals surface area contributed by atoms with E-state index < -0.39 is 9.84 Å². The van der Waals surface area contributed by atoms with Crippen LogP contribution in [0.1, 0.15) is 18.9 Å². The predicted octanol–water partition coefficient (Wildman–Crippen LogP) is 0.691. The van der Waals surface area contributed by atoms with Gasteiger partial charge in [0.15, 0.2) is 9.84 Å². The number of benzene rings is 1. The lowest BCUT2D eigenvalue weighted by Crippen LogP contribution is -2.29. The molecule has 1 aromatic carbocycles. The minimum Gasteiger partial charge on any atom is -0.352 e. The van der Waals surface area contributed by atoms with Crippen molar-refractivity contribution in [1.29, 1.82) is 0 Å². The Labute approximate surface area is 114 Å². The van der Waals surface area contributed by atoms with E-state index in [1.54, 1.807) is 24.3 Å². The maximum atomic E-state index is 11.7. The number of nitrogens with one attached hydrogen (secondary N) is 1. The highest BCUT2D eigenvalue weighted by molar-refractivity contribution is 7.90. The number of sulfone groups is 1. The normalized spacial score (nSPS) is 13.0. The van der Waals surface area contributed by atoms with E-state index in [0.717, 1.165) is 11.8 Å². The van der Waals surface area contributed by atoms with Gasteiger partial charge in [-0.2, -0.15) is 0 Å². The summed E-state index contributed by atoms with van der Waals surface area (Å²) in [6.45, 7) is 2.70. The van der Waals surface area contributed by atoms with Gasteiger partial charge >= 0.3 is 0 Å². The fourth-order valence-corrected chi connectivity index (χ4v) is 2.23. The molecule has 1 rings (SSSR count). The first kappa shape index (κ1) is 15.7. The first-order valence-corrected chi connectivity index (χ1v) is 8.00. The molecular formula is C13H20N2O3S. The van der Waals surface area contributed by atoms with E-state index in [4.69, 9.17) is 5.73 Å². The number of rotatable bonds is 6. The summed E-state index contributed by atoms with van der Waals surface area (Å²) in [5.41, 5.74) is 6.26. The van der Waals surface area contributed by atoms with Crippen LogP contribution in [-0.4, -0.2) is 27.1 Å². The Bertz CT molecular complexity index is 523. The van der Waals surface area contributed by atoms with Crippen molar-refractivity contribution >= 4 is 15.7 Å². The summed E-state index contributed by atoms with van der Waals surface area (Å²) in [4.78, 5) is 11.9. The van der Waals surface area contributed by atoms with Crippen LogP contribution < -0.4 is 11.1 Å². The fourth-order valence-electron chi connectivity index (χ4n) is 1.60. The molecule has 0 saturated heterocycles. The van der Waals surface area contributed by atoms with Gasteiger partial charge in [0.2, 0.25) is 5.91 Å². The fraction of sp³-hybridized carbons (Fsp3) is 0.462. The lowest BCUT2D eigenvalue weighted by molar-refractivity contribution is -0.124. The largest absolute Gasteiger partial charge is 0.352 e. The molecule has 0 heterocycles. The summed E-state index contributed by atoms with van der Waals surface area (Å²) in [5, 5.41) is 2.80. The van der Waals surface area contributed by atoms with Crippen molar-refractivity contribution < 1.29 is 13.2 Å². The minimum atomic E-state index is -3.17. The second-order valence-corrected chi connectivity index (χ2v) is 6.63. The van der Waals surface area contributed by atoms with Gasteiger partial charge in [-0.1, -0.05) is 19.1 Å². The first-order valence-electron chi connectivity index (χ1n) is 6.11. The Hall–Kier alpha value is -1.40. The number of nitrogens with two attached hydrogens (primary N) is 1. The maximum absolute atomic E-state index is 11.7. The van der Waals surface area contributed by atoms with E-state index in [0.29, 0.717) is 19.5 Å². The maximum Gasteiger partial charge on any atom is 0.223 e. The van der Waals surface area contributed by atoms with Crippen molar-refractivity contribution in [2.24, 2.45) is 11.7 Å². The molecule has 1 amide bonds. The molecule has 6 heteroatoms. The second-order valence-electron chi connectivity index (χ2n) is 4.61. The SMILES string of the molecule is CC(CCN)C(=O)NCc1ccc(S(C)(=O)=O)cc1. The van der Waals surface area contributed by atoms with Gasteiger partial charge in [0.1, 0.15) is 0 Å². The van der Waals surface area contributed by atoms with Crippen LogP contribution in [-0.2, 0) is 21.2 Å². The van der Waals surface area contributed by atoms with Gasteiger partial charge in [-0.25, -0.2) is 8.42 Å². The number of hydrogen-bond acceptors (Lipinski definition) is 4. The van der Waals surface area contributed by atoms with E-state index in [-0.39, 0.29) is 16.7 Å². The monoisotopic (exact) mass is 284 g/mol. The summed E-state index contributed by atoms with van der Waals surface area (Å²) in [6.07, 6.45) is 1.82. The molecular weight excluding hydrogens is 264 g/mol. The molecule has 0 fully saturated rings. The smallest absolute Gasteiger partial charge is 0.223 e. The van der Waals surface area contributed by atoms with Gasteiger partial charge in [-0.05, 0) is 30.7 Å². The summed E-state index contributed by atoms with van der Waals surface area (Å²) in [5.74, 6) is -0.155. The molecule has 0 radical (unpaired) electrons. The third-order valence-electron chi connectivity index (χ3n) is 2.87. The third kappa shape index (κ3) is 5.00. The average Bonchev–Trinajstić information content (AvgIpc) is 2.35. The van der Waals surface area contributed by atoms with Crippen LogP contribution in [0.5, 0.6) is 0 Å². The molecule has 0 aliphatic carbocycles. The van der Waals surface area contributed by atoms with Gasteiger partial charge in [0.05, 0.1) is 4.90 Å². The molecule has 106 valence electrons. The topological polar surface area (TPSA) is 89.3 Å². The van der Waals surface area contributed by atoms with Crippen molar-refractivity contribution in [1.82, 2.24) is 5.32 Å². The first-order chi connectivity index (χ1) is 8.84. The van der Waals surface area contributed by atoms with Crippen LogP contribution in [0.15, 0.2) is 29.2 Å².